The van der Waals surface area contributed by atoms with Crippen LogP contribution in [0.3, 0.4) is 0 Å². The third-order valence-electron chi connectivity index (χ3n) is 3.84. The highest BCUT2D eigenvalue weighted by atomic mass is 16.5. The van der Waals surface area contributed by atoms with Crippen LogP contribution >= 0.6 is 0 Å². The van der Waals surface area contributed by atoms with Crippen LogP contribution in [0.5, 0.6) is 0 Å². The highest BCUT2D eigenvalue weighted by Gasteiger charge is 2.30. The second-order valence-electron chi connectivity index (χ2n) is 5.02. The molecule has 0 aromatic carbocycles. The summed E-state index contributed by atoms with van der Waals surface area (Å²) >= 11 is 0. The SMILES string of the molecule is CCCNCC1CCCOC1C(CC)CC. The Kier molecular flexibility index (Phi) is 7.06. The summed E-state index contributed by atoms with van der Waals surface area (Å²) < 4.78 is 6.03. The molecule has 1 saturated heterocycles. The minimum absolute atomic E-state index is 0.508. The first-order valence-corrected chi connectivity index (χ1v) is 7.15. The summed E-state index contributed by atoms with van der Waals surface area (Å²) in [7, 11) is 0. The molecular weight excluding hydrogens is 198 g/mol. The molecule has 2 nitrogen and oxygen atoms in total. The fraction of sp³-hybridized carbons (Fsp3) is 1.00. The van der Waals surface area contributed by atoms with Gasteiger partial charge in [-0.2, -0.15) is 0 Å². The van der Waals surface area contributed by atoms with Crippen molar-refractivity contribution in [3.63, 3.8) is 0 Å². The van der Waals surface area contributed by atoms with Crippen molar-refractivity contribution in [1.82, 2.24) is 5.32 Å². The smallest absolute Gasteiger partial charge is 0.0643 e. The summed E-state index contributed by atoms with van der Waals surface area (Å²) in [6, 6.07) is 0. The average molecular weight is 227 g/mol. The molecule has 2 atom stereocenters. The number of ether oxygens (including phenoxy) is 1. The molecule has 16 heavy (non-hydrogen) atoms. The van der Waals surface area contributed by atoms with Gasteiger partial charge >= 0.3 is 0 Å². The van der Waals surface area contributed by atoms with Crippen molar-refractivity contribution in [3.05, 3.63) is 0 Å². The van der Waals surface area contributed by atoms with Crippen molar-refractivity contribution in [1.29, 1.82) is 0 Å². The summed E-state index contributed by atoms with van der Waals surface area (Å²) in [5, 5.41) is 3.56. The standard InChI is InChI=1S/C14H29NO/c1-4-9-15-11-13-8-7-10-16-14(13)12(5-2)6-3/h12-15H,4-11H2,1-3H3. The molecule has 2 heteroatoms. The molecule has 0 saturated carbocycles. The van der Waals surface area contributed by atoms with Gasteiger partial charge in [0, 0.05) is 13.2 Å². The lowest BCUT2D eigenvalue weighted by atomic mass is 9.83. The van der Waals surface area contributed by atoms with E-state index in [9.17, 15) is 0 Å². The van der Waals surface area contributed by atoms with E-state index in [2.05, 4.69) is 26.1 Å². The summed E-state index contributed by atoms with van der Waals surface area (Å²) in [6.45, 7) is 10.1. The Morgan fingerprint density at radius 3 is 2.62 bits per heavy atom. The van der Waals surface area contributed by atoms with Gasteiger partial charge in [0.05, 0.1) is 6.10 Å². The highest BCUT2D eigenvalue weighted by molar-refractivity contribution is 4.81. The van der Waals surface area contributed by atoms with E-state index in [1.54, 1.807) is 0 Å². The first-order valence-electron chi connectivity index (χ1n) is 7.15. The molecule has 1 rings (SSSR count). The molecule has 0 aromatic heterocycles. The Labute approximate surface area is 101 Å². The number of hydrogen-bond acceptors (Lipinski definition) is 2. The molecule has 96 valence electrons. The molecule has 0 aromatic rings. The molecule has 0 amide bonds. The van der Waals surface area contributed by atoms with Crippen LogP contribution in [0.4, 0.5) is 0 Å². The van der Waals surface area contributed by atoms with Crippen molar-refractivity contribution in [2.45, 2.75) is 59.0 Å². The summed E-state index contributed by atoms with van der Waals surface area (Å²) in [5.41, 5.74) is 0. The third kappa shape index (κ3) is 4.06. The first-order chi connectivity index (χ1) is 7.83. The van der Waals surface area contributed by atoms with E-state index >= 15 is 0 Å². The maximum Gasteiger partial charge on any atom is 0.0643 e. The number of nitrogens with one attached hydrogen (secondary N) is 1. The molecule has 1 aliphatic heterocycles. The lowest BCUT2D eigenvalue weighted by molar-refractivity contribution is -0.0615. The van der Waals surface area contributed by atoms with Gasteiger partial charge in [-0.25, -0.2) is 0 Å². The molecule has 0 aliphatic carbocycles. The van der Waals surface area contributed by atoms with Gasteiger partial charge in [-0.1, -0.05) is 33.6 Å². The van der Waals surface area contributed by atoms with Gasteiger partial charge in [-0.3, -0.25) is 0 Å². The largest absolute Gasteiger partial charge is 0.378 e. The molecule has 1 heterocycles. The number of hydrogen-bond donors (Lipinski definition) is 1. The zero-order valence-corrected chi connectivity index (χ0v) is 11.3. The van der Waals surface area contributed by atoms with E-state index in [1.165, 1.54) is 32.1 Å². The van der Waals surface area contributed by atoms with Crippen LogP contribution in [0.1, 0.15) is 52.9 Å². The van der Waals surface area contributed by atoms with Crippen LogP contribution < -0.4 is 5.32 Å². The quantitative estimate of drug-likeness (QED) is 0.674. The van der Waals surface area contributed by atoms with E-state index < -0.39 is 0 Å². The lowest BCUT2D eigenvalue weighted by Gasteiger charge is -2.36. The van der Waals surface area contributed by atoms with Gasteiger partial charge in [0.1, 0.15) is 0 Å². The highest BCUT2D eigenvalue weighted by Crippen LogP contribution is 2.29. The van der Waals surface area contributed by atoms with Crippen molar-refractivity contribution >= 4 is 0 Å². The van der Waals surface area contributed by atoms with Crippen LogP contribution in [0, 0.1) is 11.8 Å². The second kappa shape index (κ2) is 8.08. The molecule has 1 N–H and O–H groups in total. The van der Waals surface area contributed by atoms with Gasteiger partial charge in [0.25, 0.3) is 0 Å². The van der Waals surface area contributed by atoms with E-state index in [4.69, 9.17) is 4.74 Å². The van der Waals surface area contributed by atoms with E-state index in [-0.39, 0.29) is 0 Å². The summed E-state index contributed by atoms with van der Waals surface area (Å²) in [5.74, 6) is 1.50. The van der Waals surface area contributed by atoms with Gasteiger partial charge in [0.2, 0.25) is 0 Å². The van der Waals surface area contributed by atoms with Crippen LogP contribution in [0.2, 0.25) is 0 Å². The van der Waals surface area contributed by atoms with Gasteiger partial charge in [-0.15, -0.1) is 0 Å². The van der Waals surface area contributed by atoms with E-state index in [0.717, 1.165) is 31.5 Å². The summed E-state index contributed by atoms with van der Waals surface area (Å²) in [6.07, 6.45) is 6.83. The molecule has 0 bridgehead atoms. The minimum atomic E-state index is 0.508. The molecule has 1 aliphatic rings. The zero-order valence-electron chi connectivity index (χ0n) is 11.3. The van der Waals surface area contributed by atoms with Crippen LogP contribution in [0.15, 0.2) is 0 Å². The van der Waals surface area contributed by atoms with Crippen molar-refractivity contribution < 1.29 is 4.74 Å². The monoisotopic (exact) mass is 227 g/mol. The minimum Gasteiger partial charge on any atom is -0.378 e. The maximum absolute atomic E-state index is 6.03. The fourth-order valence-corrected chi connectivity index (χ4v) is 2.82. The molecule has 1 fully saturated rings. The summed E-state index contributed by atoms with van der Waals surface area (Å²) in [4.78, 5) is 0. The van der Waals surface area contributed by atoms with E-state index in [0.29, 0.717) is 6.10 Å². The normalized spacial score (nSPS) is 26.2. The van der Waals surface area contributed by atoms with Crippen molar-refractivity contribution in [3.8, 4) is 0 Å². The van der Waals surface area contributed by atoms with Gasteiger partial charge in [0.15, 0.2) is 0 Å². The zero-order chi connectivity index (χ0) is 11.8. The Balaban J connectivity index is 2.42. The van der Waals surface area contributed by atoms with Crippen LogP contribution in [-0.2, 0) is 4.74 Å². The van der Waals surface area contributed by atoms with Crippen LogP contribution in [0.25, 0.3) is 0 Å². The lowest BCUT2D eigenvalue weighted by Crippen LogP contribution is -2.41. The molecule has 0 spiro atoms. The third-order valence-corrected chi connectivity index (χ3v) is 3.84. The first kappa shape index (κ1) is 14.0. The Morgan fingerprint density at radius 2 is 2.00 bits per heavy atom. The van der Waals surface area contributed by atoms with Crippen LogP contribution in [-0.4, -0.2) is 25.8 Å². The topological polar surface area (TPSA) is 21.3 Å². The van der Waals surface area contributed by atoms with Crippen molar-refractivity contribution in [2.24, 2.45) is 11.8 Å². The molecular formula is C14H29NO. The number of rotatable bonds is 7. The fourth-order valence-electron chi connectivity index (χ4n) is 2.82. The Morgan fingerprint density at radius 1 is 1.25 bits per heavy atom. The Hall–Kier alpha value is -0.0800. The van der Waals surface area contributed by atoms with Crippen molar-refractivity contribution in [2.75, 3.05) is 19.7 Å². The predicted molar refractivity (Wildman–Crippen MR) is 69.7 cm³/mol. The average Bonchev–Trinajstić information content (AvgIpc) is 2.33. The maximum atomic E-state index is 6.03. The second-order valence-corrected chi connectivity index (χ2v) is 5.02. The predicted octanol–water partition coefficient (Wildman–Crippen LogP) is 3.22. The Bertz CT molecular complexity index is 168. The molecule has 2 unspecified atom stereocenters. The van der Waals surface area contributed by atoms with E-state index in [1.807, 2.05) is 0 Å². The van der Waals surface area contributed by atoms with Gasteiger partial charge < -0.3 is 10.1 Å². The molecule has 0 radical (unpaired) electrons. The van der Waals surface area contributed by atoms with Gasteiger partial charge in [-0.05, 0) is 37.6 Å².